The maximum atomic E-state index is 14.1. The van der Waals surface area contributed by atoms with Crippen LogP contribution in [0.2, 0.25) is 5.02 Å². The SMILES string of the molecule is COc1cc(N2CCNCC2)c(Cl)cc1Nc1ncc(C(F)(F)F)c(C[C@@H]2Cc3ccccc3[C@H]2N(C)S(C)(=O)=O)n1. The number of benzene rings is 2. The lowest BCUT2D eigenvalue weighted by molar-refractivity contribution is -0.138. The van der Waals surface area contributed by atoms with Crippen molar-refractivity contribution in [3.8, 4) is 5.75 Å². The van der Waals surface area contributed by atoms with Gasteiger partial charge in [0.05, 0.1) is 47.1 Å². The second kappa shape index (κ2) is 11.9. The van der Waals surface area contributed by atoms with E-state index >= 15 is 0 Å². The van der Waals surface area contributed by atoms with Crippen LogP contribution in [0.3, 0.4) is 0 Å². The molecular formula is C28H32ClF3N6O3S. The molecule has 2 aliphatic rings. The summed E-state index contributed by atoms with van der Waals surface area (Å²) in [5.41, 5.74) is 1.66. The average molecular weight is 625 g/mol. The number of piperazine rings is 1. The average Bonchev–Trinajstić information content (AvgIpc) is 3.29. The molecule has 0 saturated carbocycles. The highest BCUT2D eigenvalue weighted by Gasteiger charge is 2.41. The van der Waals surface area contributed by atoms with E-state index in [4.69, 9.17) is 16.3 Å². The monoisotopic (exact) mass is 624 g/mol. The summed E-state index contributed by atoms with van der Waals surface area (Å²) in [6.07, 6.45) is -2.58. The van der Waals surface area contributed by atoms with Gasteiger partial charge in [0.15, 0.2) is 0 Å². The van der Waals surface area contributed by atoms with Crippen LogP contribution >= 0.6 is 11.6 Å². The molecule has 2 N–H and O–H groups in total. The molecule has 1 saturated heterocycles. The van der Waals surface area contributed by atoms with Gasteiger partial charge in [-0.2, -0.15) is 17.5 Å². The molecular weight excluding hydrogens is 593 g/mol. The third kappa shape index (κ3) is 6.29. The molecule has 9 nitrogen and oxygen atoms in total. The molecule has 226 valence electrons. The van der Waals surface area contributed by atoms with Gasteiger partial charge in [-0.15, -0.1) is 0 Å². The van der Waals surface area contributed by atoms with Crippen molar-refractivity contribution in [3.63, 3.8) is 0 Å². The maximum Gasteiger partial charge on any atom is 0.419 e. The van der Waals surface area contributed by atoms with E-state index in [1.54, 1.807) is 18.2 Å². The van der Waals surface area contributed by atoms with E-state index in [0.717, 1.165) is 55.4 Å². The van der Waals surface area contributed by atoms with Crippen LogP contribution in [0, 0.1) is 5.92 Å². The fraction of sp³-hybridized carbons (Fsp3) is 0.429. The molecule has 0 spiro atoms. The van der Waals surface area contributed by atoms with Gasteiger partial charge in [0.1, 0.15) is 5.75 Å². The van der Waals surface area contributed by atoms with Gasteiger partial charge < -0.3 is 20.3 Å². The van der Waals surface area contributed by atoms with E-state index in [2.05, 4.69) is 25.5 Å². The van der Waals surface area contributed by atoms with Crippen molar-refractivity contribution in [2.45, 2.75) is 25.1 Å². The fourth-order valence-electron chi connectivity index (χ4n) is 5.74. The van der Waals surface area contributed by atoms with Crippen molar-refractivity contribution >= 4 is 38.9 Å². The Morgan fingerprint density at radius 1 is 1.21 bits per heavy atom. The highest BCUT2D eigenvalue weighted by Crippen LogP contribution is 2.44. The number of halogens is 4. The number of alkyl halides is 3. The zero-order valence-electron chi connectivity index (χ0n) is 23.4. The Balaban J connectivity index is 1.48. The normalized spacial score (nSPS) is 19.2. The maximum absolute atomic E-state index is 14.1. The Bertz CT molecular complexity index is 1570. The van der Waals surface area contributed by atoms with Crippen molar-refractivity contribution < 1.29 is 26.3 Å². The predicted molar refractivity (Wildman–Crippen MR) is 156 cm³/mol. The highest BCUT2D eigenvalue weighted by molar-refractivity contribution is 7.88. The largest absolute Gasteiger partial charge is 0.494 e. The van der Waals surface area contributed by atoms with Crippen LogP contribution in [0.25, 0.3) is 0 Å². The third-order valence-electron chi connectivity index (χ3n) is 7.82. The van der Waals surface area contributed by atoms with Gasteiger partial charge in [0.2, 0.25) is 16.0 Å². The second-order valence-corrected chi connectivity index (χ2v) is 13.0. The number of methoxy groups -OCH3 is 1. The number of hydrogen-bond acceptors (Lipinski definition) is 8. The van der Waals surface area contributed by atoms with Crippen molar-refractivity contribution in [1.29, 1.82) is 0 Å². The molecule has 0 amide bonds. The topological polar surface area (TPSA) is 99.7 Å². The molecule has 2 atom stereocenters. The molecule has 0 bridgehead atoms. The van der Waals surface area contributed by atoms with Crippen LogP contribution in [-0.4, -0.2) is 69.3 Å². The number of rotatable bonds is 8. The zero-order valence-corrected chi connectivity index (χ0v) is 24.9. The molecule has 2 aromatic carbocycles. The van der Waals surface area contributed by atoms with E-state index in [1.807, 2.05) is 18.2 Å². The summed E-state index contributed by atoms with van der Waals surface area (Å²) in [6, 6.07) is 10.1. The van der Waals surface area contributed by atoms with Crippen LogP contribution in [0.1, 0.15) is 28.4 Å². The Labute approximate surface area is 248 Å². The van der Waals surface area contributed by atoms with Gasteiger partial charge in [-0.3, -0.25) is 0 Å². The number of nitrogens with zero attached hydrogens (tertiary/aromatic N) is 4. The van der Waals surface area contributed by atoms with Crippen LogP contribution in [0.15, 0.2) is 42.6 Å². The van der Waals surface area contributed by atoms with Gasteiger partial charge in [-0.1, -0.05) is 35.9 Å². The van der Waals surface area contributed by atoms with Gasteiger partial charge in [-0.25, -0.2) is 18.4 Å². The lowest BCUT2D eigenvalue weighted by Crippen LogP contribution is -2.43. The Kier molecular flexibility index (Phi) is 8.57. The standard InChI is InChI=1S/C28H32ClF3N6O3S/c1-37(42(3,39)40)26-18(12-17-6-4-5-7-19(17)26)13-22-20(28(30,31)32)16-34-27(35-22)36-23-14-21(29)24(15-25(23)41-2)38-10-8-33-9-11-38/h4-7,14-16,18,26,33H,8-13H2,1-3H3,(H,34,35,36)/t18-,26-/m0/s1. The van der Waals surface area contributed by atoms with Gasteiger partial charge in [-0.05, 0) is 36.0 Å². The molecule has 0 radical (unpaired) electrons. The van der Waals surface area contributed by atoms with E-state index in [-0.39, 0.29) is 18.1 Å². The van der Waals surface area contributed by atoms with E-state index in [1.165, 1.54) is 18.5 Å². The minimum atomic E-state index is -4.70. The Morgan fingerprint density at radius 2 is 1.93 bits per heavy atom. The molecule has 3 aromatic rings. The molecule has 1 fully saturated rings. The lowest BCUT2D eigenvalue weighted by atomic mass is 9.93. The molecule has 0 unspecified atom stereocenters. The highest BCUT2D eigenvalue weighted by atomic mass is 35.5. The molecule has 1 aliphatic carbocycles. The summed E-state index contributed by atoms with van der Waals surface area (Å²) in [6.45, 7) is 3.16. The number of hydrogen-bond donors (Lipinski definition) is 2. The number of sulfonamides is 1. The number of aromatic nitrogens is 2. The van der Waals surface area contributed by atoms with Crippen molar-refractivity contribution in [2.75, 3.05) is 56.8 Å². The van der Waals surface area contributed by atoms with Gasteiger partial charge >= 0.3 is 6.18 Å². The first-order valence-electron chi connectivity index (χ1n) is 13.4. The van der Waals surface area contributed by atoms with Crippen molar-refractivity contribution in [1.82, 2.24) is 19.6 Å². The number of fused-ring (bicyclic) bond motifs is 1. The molecule has 2 heterocycles. The summed E-state index contributed by atoms with van der Waals surface area (Å²) < 4.78 is 74.2. The van der Waals surface area contributed by atoms with E-state index < -0.39 is 33.7 Å². The Morgan fingerprint density at radius 3 is 2.60 bits per heavy atom. The smallest absolute Gasteiger partial charge is 0.419 e. The third-order valence-corrected chi connectivity index (χ3v) is 9.40. The van der Waals surface area contributed by atoms with Crippen LogP contribution in [0.4, 0.5) is 30.5 Å². The fourth-order valence-corrected chi connectivity index (χ4v) is 6.72. The first-order chi connectivity index (χ1) is 19.9. The summed E-state index contributed by atoms with van der Waals surface area (Å²) in [4.78, 5) is 10.4. The van der Waals surface area contributed by atoms with E-state index in [0.29, 0.717) is 22.9 Å². The summed E-state index contributed by atoms with van der Waals surface area (Å²) in [5, 5.41) is 6.71. The van der Waals surface area contributed by atoms with Gasteiger partial charge in [0, 0.05) is 45.5 Å². The number of nitrogens with one attached hydrogen (secondary N) is 2. The van der Waals surface area contributed by atoms with E-state index in [9.17, 15) is 21.6 Å². The quantitative estimate of drug-likeness (QED) is 0.374. The lowest BCUT2D eigenvalue weighted by Gasteiger charge is -2.30. The minimum Gasteiger partial charge on any atom is -0.494 e. The summed E-state index contributed by atoms with van der Waals surface area (Å²) >= 11 is 6.61. The molecule has 42 heavy (non-hydrogen) atoms. The predicted octanol–water partition coefficient (Wildman–Crippen LogP) is 4.66. The minimum absolute atomic E-state index is 0.0641. The molecule has 1 aromatic heterocycles. The molecule has 14 heteroatoms. The van der Waals surface area contributed by atoms with Gasteiger partial charge in [0.25, 0.3) is 0 Å². The van der Waals surface area contributed by atoms with Crippen molar-refractivity contribution in [3.05, 3.63) is 70.0 Å². The van der Waals surface area contributed by atoms with Crippen LogP contribution < -0.4 is 20.3 Å². The first kappa shape index (κ1) is 30.3. The molecule has 1 aliphatic heterocycles. The van der Waals surface area contributed by atoms with Crippen molar-refractivity contribution in [2.24, 2.45) is 5.92 Å². The second-order valence-electron chi connectivity index (χ2n) is 10.5. The van der Waals surface area contributed by atoms with Crippen LogP contribution in [-0.2, 0) is 29.0 Å². The summed E-state index contributed by atoms with van der Waals surface area (Å²) in [7, 11) is -0.690. The first-order valence-corrected chi connectivity index (χ1v) is 15.6. The summed E-state index contributed by atoms with van der Waals surface area (Å²) in [5.74, 6) is -0.113. The van der Waals surface area contributed by atoms with Crippen LogP contribution in [0.5, 0.6) is 5.75 Å². The zero-order chi connectivity index (χ0) is 30.2. The molecule has 5 rings (SSSR count). The number of anilines is 3. The number of ether oxygens (including phenoxy) is 1. The Hall–Kier alpha value is -3.13.